The van der Waals surface area contributed by atoms with Crippen molar-refractivity contribution in [1.29, 1.82) is 0 Å². The summed E-state index contributed by atoms with van der Waals surface area (Å²) in [6, 6.07) is 10.2. The normalized spacial score (nSPS) is 8.11. The van der Waals surface area contributed by atoms with Crippen LogP contribution in [0.4, 0.5) is 0 Å². The molecule has 1 aromatic carbocycles. The van der Waals surface area contributed by atoms with Crippen molar-refractivity contribution in [2.45, 2.75) is 5.32 Å². The zero-order chi connectivity index (χ0) is 5.82. The van der Waals surface area contributed by atoms with Crippen LogP contribution in [-0.4, -0.2) is 5.48 Å². The van der Waals surface area contributed by atoms with Gasteiger partial charge in [0.2, 0.25) is 0 Å². The number of benzene rings is 1. The fourth-order valence-electron chi connectivity index (χ4n) is 0.561. The van der Waals surface area contributed by atoms with E-state index in [1.807, 2.05) is 18.2 Å². The van der Waals surface area contributed by atoms with Gasteiger partial charge in [0, 0.05) is 0 Å². The van der Waals surface area contributed by atoms with Crippen molar-refractivity contribution in [2.24, 2.45) is 0 Å². The average Bonchev–Trinajstić information content (AvgIpc) is 1.90. The maximum Gasteiger partial charge on any atom is -0.870 e. The molecule has 0 atom stereocenters. The molecule has 1 nitrogen and oxygen atoms in total. The second kappa shape index (κ2) is 4.57. The summed E-state index contributed by atoms with van der Waals surface area (Å²) in [7, 11) is 0. The summed E-state index contributed by atoms with van der Waals surface area (Å²) in [6.45, 7) is 0. The Balaban J connectivity index is 0.000000640. The van der Waals surface area contributed by atoms with Crippen LogP contribution in [0, 0.1) is 0 Å². The minimum Gasteiger partial charge on any atom is -0.870 e. The molecule has 0 saturated heterocycles. The molecule has 1 aromatic rings. The van der Waals surface area contributed by atoms with E-state index in [-0.39, 0.29) is 5.48 Å². The van der Waals surface area contributed by atoms with Gasteiger partial charge < -0.3 is 5.48 Å². The Bertz CT molecular complexity index is 150. The topological polar surface area (TPSA) is 30.0 Å². The molecule has 0 fully saturated rings. The molecule has 1 rings (SSSR count). The van der Waals surface area contributed by atoms with E-state index in [4.69, 9.17) is 0 Å². The van der Waals surface area contributed by atoms with Crippen LogP contribution in [-0.2, 0) is 21.3 Å². The molecule has 0 amide bonds. The third kappa shape index (κ3) is 2.66. The first-order valence-corrected chi connectivity index (χ1v) is 3.30. The van der Waals surface area contributed by atoms with Crippen molar-refractivity contribution in [2.75, 3.05) is 0 Å². The van der Waals surface area contributed by atoms with Gasteiger partial charge in [-0.2, -0.15) is 0 Å². The third-order valence-electron chi connectivity index (χ3n) is 0.987. The third-order valence-corrected chi connectivity index (χ3v) is 1.44. The second-order valence-electron chi connectivity index (χ2n) is 1.61. The van der Waals surface area contributed by atoms with Gasteiger partial charge in [0.15, 0.2) is 0 Å². The van der Waals surface area contributed by atoms with Gasteiger partial charge in [-0.1, -0.05) is 0 Å². The average molecular weight is 164 g/mol. The Labute approximate surface area is 63.2 Å². The molecule has 1 N–H and O–H groups in total. The predicted octanol–water partition coefficient (Wildman–Crippen LogP) is 1.56. The van der Waals surface area contributed by atoms with Crippen molar-refractivity contribution in [3.63, 3.8) is 0 Å². The van der Waals surface area contributed by atoms with Crippen molar-refractivity contribution in [3.05, 3.63) is 35.9 Å². The fourth-order valence-corrected chi connectivity index (χ4v) is 0.822. The predicted molar refractivity (Wildman–Crippen MR) is 32.1 cm³/mol. The summed E-state index contributed by atoms with van der Waals surface area (Å²) in [5, 5.41) is 0.890. The molecule has 0 spiro atoms. The van der Waals surface area contributed by atoms with E-state index in [0.29, 0.717) is 0 Å². The summed E-state index contributed by atoms with van der Waals surface area (Å²) >= 11 is 3.76. The monoisotopic (exact) mass is 164 g/mol. The summed E-state index contributed by atoms with van der Waals surface area (Å²) in [4.78, 5) is 0. The Hall–Kier alpha value is -0.301. The molecule has 0 aliphatic heterocycles. The minimum absolute atomic E-state index is 0. The number of hydrogen-bond acceptors (Lipinski definition) is 1. The molecular formula is C7H8FeO. The van der Waals surface area contributed by atoms with Gasteiger partial charge in [-0.25, -0.2) is 0 Å². The fraction of sp³-hybridized carbons (Fsp3) is 0.143. The van der Waals surface area contributed by atoms with Gasteiger partial charge >= 0.3 is 57.2 Å². The minimum atomic E-state index is 0. The summed E-state index contributed by atoms with van der Waals surface area (Å²) in [5.74, 6) is 0. The molecule has 0 bridgehead atoms. The molecule has 0 radical (unpaired) electrons. The number of hydrogen-bond donors (Lipinski definition) is 0. The molecule has 9 heavy (non-hydrogen) atoms. The Morgan fingerprint density at radius 2 is 1.67 bits per heavy atom. The van der Waals surface area contributed by atoms with Crippen LogP contribution in [0.3, 0.4) is 0 Å². The molecule has 0 aliphatic rings. The van der Waals surface area contributed by atoms with Crippen LogP contribution >= 0.6 is 0 Å². The standard InChI is InChI=1S/C7H7.Fe.H2O/c1-7-5-3-2-4-6-7;;/h2-6H,1H2;;1H2/q;+1;/p-1. The van der Waals surface area contributed by atoms with Crippen LogP contribution in [0.2, 0.25) is 0 Å². The van der Waals surface area contributed by atoms with Gasteiger partial charge in [0.05, 0.1) is 0 Å². The van der Waals surface area contributed by atoms with Crippen molar-refractivity contribution in [3.8, 4) is 0 Å². The largest absolute Gasteiger partial charge is 0.870 e. The van der Waals surface area contributed by atoms with E-state index in [1.165, 1.54) is 5.56 Å². The van der Waals surface area contributed by atoms with E-state index in [9.17, 15) is 0 Å². The quantitative estimate of drug-likeness (QED) is 0.579. The van der Waals surface area contributed by atoms with Gasteiger partial charge in [-0.15, -0.1) is 0 Å². The van der Waals surface area contributed by atoms with Gasteiger partial charge in [0.1, 0.15) is 0 Å². The van der Waals surface area contributed by atoms with E-state index in [2.05, 4.69) is 28.1 Å². The summed E-state index contributed by atoms with van der Waals surface area (Å²) < 4.78 is 0. The first-order chi connectivity index (χ1) is 3.93. The molecule has 0 unspecified atom stereocenters. The van der Waals surface area contributed by atoms with Crippen molar-refractivity contribution in [1.82, 2.24) is 0 Å². The zero-order valence-corrected chi connectivity index (χ0v) is 6.00. The molecule has 0 heterocycles. The molecule has 0 aliphatic carbocycles. The molecule has 2 heteroatoms. The zero-order valence-electron chi connectivity index (χ0n) is 4.89. The van der Waals surface area contributed by atoms with Gasteiger partial charge in [0.25, 0.3) is 0 Å². The molecule has 0 saturated carbocycles. The van der Waals surface area contributed by atoms with Crippen LogP contribution in [0.15, 0.2) is 30.3 Å². The first-order valence-electron chi connectivity index (χ1n) is 2.51. The molecule has 0 aromatic heterocycles. The van der Waals surface area contributed by atoms with Crippen LogP contribution in [0.1, 0.15) is 5.56 Å². The summed E-state index contributed by atoms with van der Waals surface area (Å²) in [5.41, 5.74) is 1.30. The van der Waals surface area contributed by atoms with E-state index in [1.54, 1.807) is 0 Å². The van der Waals surface area contributed by atoms with Gasteiger partial charge in [-0.05, 0) is 0 Å². The maximum atomic E-state index is 3.76. The smallest absolute Gasteiger partial charge is 0.870 e. The number of rotatable bonds is 1. The molecule has 50 valence electrons. The second-order valence-corrected chi connectivity index (χ2v) is 2.00. The van der Waals surface area contributed by atoms with E-state index in [0.717, 1.165) is 5.32 Å². The van der Waals surface area contributed by atoms with E-state index < -0.39 is 0 Å². The first kappa shape index (κ1) is 8.70. The van der Waals surface area contributed by atoms with Crippen molar-refractivity contribution >= 4 is 0 Å². The Kier molecular flexibility index (Phi) is 4.41. The van der Waals surface area contributed by atoms with Crippen LogP contribution in [0.25, 0.3) is 0 Å². The van der Waals surface area contributed by atoms with Crippen LogP contribution in [0.5, 0.6) is 0 Å². The molecular weight excluding hydrogens is 156 g/mol. The van der Waals surface area contributed by atoms with Crippen LogP contribution < -0.4 is 0 Å². The van der Waals surface area contributed by atoms with E-state index >= 15 is 0 Å². The summed E-state index contributed by atoms with van der Waals surface area (Å²) in [6.07, 6.45) is 0. The van der Waals surface area contributed by atoms with Crippen molar-refractivity contribution < 1.29 is 21.5 Å². The Morgan fingerprint density at radius 3 is 2.00 bits per heavy atom. The maximum absolute atomic E-state index is 3.76. The van der Waals surface area contributed by atoms with Gasteiger partial charge in [-0.3, -0.25) is 0 Å². The Morgan fingerprint density at radius 1 is 1.11 bits per heavy atom. The SMILES string of the molecule is [Fe+][CH2]c1ccccc1.[OH-].